The molecule has 1 heterocycles. The van der Waals surface area contributed by atoms with E-state index in [-0.39, 0.29) is 23.7 Å². The predicted molar refractivity (Wildman–Crippen MR) is 92.3 cm³/mol. The second-order valence-electron chi connectivity index (χ2n) is 6.24. The van der Waals surface area contributed by atoms with E-state index >= 15 is 0 Å². The van der Waals surface area contributed by atoms with Gasteiger partial charge in [-0.2, -0.15) is 0 Å². The Labute approximate surface area is 145 Å². The van der Waals surface area contributed by atoms with Crippen LogP contribution in [0, 0.1) is 0 Å². The zero-order chi connectivity index (χ0) is 14.9. The molecule has 1 saturated heterocycles. The summed E-state index contributed by atoms with van der Waals surface area (Å²) in [4.78, 5) is 12.1. The molecular weight excluding hydrogens is 368 g/mol. The van der Waals surface area contributed by atoms with E-state index in [1.807, 2.05) is 0 Å². The monoisotopic (exact) mass is 388 g/mol. The van der Waals surface area contributed by atoms with Gasteiger partial charge in [-0.3, -0.25) is 4.79 Å². The zero-order valence-corrected chi connectivity index (χ0v) is 14.8. The first kappa shape index (κ1) is 17.7. The van der Waals surface area contributed by atoms with Gasteiger partial charge in [0, 0.05) is 29.6 Å². The van der Waals surface area contributed by atoms with Crippen molar-refractivity contribution in [3.05, 3.63) is 34.3 Å². The number of carbonyl (C=O) groups is 1. The lowest BCUT2D eigenvalue weighted by Crippen LogP contribution is -2.50. The maximum atomic E-state index is 12.1. The van der Waals surface area contributed by atoms with Crippen molar-refractivity contribution in [3.63, 3.8) is 0 Å². The molecule has 22 heavy (non-hydrogen) atoms. The van der Waals surface area contributed by atoms with Crippen molar-refractivity contribution in [3.8, 4) is 0 Å². The lowest BCUT2D eigenvalue weighted by Gasteiger charge is -2.38. The fourth-order valence-electron chi connectivity index (χ4n) is 2.92. The number of benzene rings is 1. The first-order valence-corrected chi connectivity index (χ1v) is 8.24. The summed E-state index contributed by atoms with van der Waals surface area (Å²) in [5.41, 5.74) is 6.58. The molecule has 2 fully saturated rings. The molecule has 1 saturated carbocycles. The van der Waals surface area contributed by atoms with Crippen molar-refractivity contribution in [2.24, 2.45) is 5.73 Å². The van der Waals surface area contributed by atoms with Gasteiger partial charge in [0.1, 0.15) is 0 Å². The minimum Gasteiger partial charge on any atom is -0.381 e. The molecule has 1 aliphatic heterocycles. The Morgan fingerprint density at radius 2 is 1.77 bits per heavy atom. The van der Waals surface area contributed by atoms with Gasteiger partial charge in [-0.25, -0.2) is 0 Å². The molecule has 3 N–H and O–H groups in total. The summed E-state index contributed by atoms with van der Waals surface area (Å²) in [6, 6.07) is 8.38. The highest BCUT2D eigenvalue weighted by atomic mass is 79.9. The van der Waals surface area contributed by atoms with E-state index in [4.69, 9.17) is 10.5 Å². The van der Waals surface area contributed by atoms with Crippen LogP contribution in [0.15, 0.2) is 28.7 Å². The first-order valence-electron chi connectivity index (χ1n) is 7.45. The summed E-state index contributed by atoms with van der Waals surface area (Å²) in [5.74, 6) is -0.00882. The highest BCUT2D eigenvalue weighted by Crippen LogP contribution is 2.36. The standard InChI is InChI=1S/C16H21BrN2O2.ClH/c17-13-3-1-12(2-4-13)15(7-9-21-10-8-15)11-19-14(20)16(18)5-6-16;/h1-4H,5-11,18H2,(H,19,20);1H. The third-order valence-electron chi connectivity index (χ3n) is 4.73. The minimum absolute atomic E-state index is 0. The van der Waals surface area contributed by atoms with E-state index in [2.05, 4.69) is 45.5 Å². The van der Waals surface area contributed by atoms with Gasteiger partial charge in [-0.05, 0) is 43.4 Å². The summed E-state index contributed by atoms with van der Waals surface area (Å²) in [7, 11) is 0. The highest BCUT2D eigenvalue weighted by Gasteiger charge is 2.46. The number of halogens is 2. The van der Waals surface area contributed by atoms with Gasteiger partial charge in [0.2, 0.25) is 5.91 Å². The molecule has 6 heteroatoms. The Balaban J connectivity index is 0.00000176. The van der Waals surface area contributed by atoms with Gasteiger partial charge in [-0.15, -0.1) is 12.4 Å². The Morgan fingerprint density at radius 3 is 2.32 bits per heavy atom. The van der Waals surface area contributed by atoms with E-state index in [0.29, 0.717) is 6.54 Å². The molecule has 122 valence electrons. The summed E-state index contributed by atoms with van der Waals surface area (Å²) >= 11 is 3.47. The summed E-state index contributed by atoms with van der Waals surface area (Å²) in [6.45, 7) is 2.11. The van der Waals surface area contributed by atoms with Gasteiger partial charge >= 0.3 is 0 Å². The number of nitrogens with two attached hydrogens (primary N) is 1. The van der Waals surface area contributed by atoms with Gasteiger partial charge in [0.25, 0.3) is 0 Å². The van der Waals surface area contributed by atoms with Crippen LogP contribution in [0.4, 0.5) is 0 Å². The number of carbonyl (C=O) groups excluding carboxylic acids is 1. The van der Waals surface area contributed by atoms with Crippen LogP contribution in [0.25, 0.3) is 0 Å². The largest absolute Gasteiger partial charge is 0.381 e. The number of rotatable bonds is 4. The molecule has 1 aromatic carbocycles. The van der Waals surface area contributed by atoms with Crippen molar-refractivity contribution < 1.29 is 9.53 Å². The fourth-order valence-corrected chi connectivity index (χ4v) is 3.18. The van der Waals surface area contributed by atoms with Crippen LogP contribution >= 0.6 is 28.3 Å². The van der Waals surface area contributed by atoms with Crippen LogP contribution < -0.4 is 11.1 Å². The highest BCUT2D eigenvalue weighted by molar-refractivity contribution is 9.10. The Bertz CT molecular complexity index is 525. The van der Waals surface area contributed by atoms with Crippen molar-refractivity contribution in [2.75, 3.05) is 19.8 Å². The number of ether oxygens (including phenoxy) is 1. The third kappa shape index (κ3) is 3.65. The molecule has 0 unspecified atom stereocenters. The summed E-state index contributed by atoms with van der Waals surface area (Å²) in [6.07, 6.45) is 3.44. The molecule has 0 atom stereocenters. The third-order valence-corrected chi connectivity index (χ3v) is 5.26. The van der Waals surface area contributed by atoms with E-state index in [1.165, 1.54) is 5.56 Å². The van der Waals surface area contributed by atoms with Gasteiger partial charge in [0.05, 0.1) is 5.54 Å². The average Bonchev–Trinajstić information content (AvgIpc) is 3.25. The van der Waals surface area contributed by atoms with E-state index < -0.39 is 5.54 Å². The van der Waals surface area contributed by atoms with Crippen molar-refractivity contribution in [1.82, 2.24) is 5.32 Å². The predicted octanol–water partition coefficient (Wildman–Crippen LogP) is 2.53. The maximum absolute atomic E-state index is 12.1. The second-order valence-corrected chi connectivity index (χ2v) is 7.15. The van der Waals surface area contributed by atoms with Crippen LogP contribution in [-0.4, -0.2) is 31.2 Å². The summed E-state index contributed by atoms with van der Waals surface area (Å²) < 4.78 is 6.58. The quantitative estimate of drug-likeness (QED) is 0.832. The number of nitrogens with one attached hydrogen (secondary N) is 1. The van der Waals surface area contributed by atoms with Crippen LogP contribution in [0.3, 0.4) is 0 Å². The van der Waals surface area contributed by atoms with Gasteiger partial charge in [-0.1, -0.05) is 28.1 Å². The molecular formula is C16H22BrClN2O2. The Morgan fingerprint density at radius 1 is 1.18 bits per heavy atom. The van der Waals surface area contributed by atoms with Gasteiger partial charge < -0.3 is 15.8 Å². The zero-order valence-electron chi connectivity index (χ0n) is 12.4. The van der Waals surface area contributed by atoms with Crippen molar-refractivity contribution in [1.29, 1.82) is 0 Å². The molecule has 1 amide bonds. The number of hydrogen-bond donors (Lipinski definition) is 2. The SMILES string of the molecule is Cl.NC1(C(=O)NCC2(c3ccc(Br)cc3)CCOCC2)CC1. The molecule has 2 aliphatic rings. The molecule has 1 aliphatic carbocycles. The molecule has 0 spiro atoms. The van der Waals surface area contributed by atoms with Crippen LogP contribution in [0.1, 0.15) is 31.2 Å². The molecule has 4 nitrogen and oxygen atoms in total. The number of amides is 1. The number of hydrogen-bond acceptors (Lipinski definition) is 3. The lowest BCUT2D eigenvalue weighted by atomic mass is 9.74. The minimum atomic E-state index is -0.605. The van der Waals surface area contributed by atoms with Crippen LogP contribution in [0.2, 0.25) is 0 Å². The van der Waals surface area contributed by atoms with Crippen molar-refractivity contribution in [2.45, 2.75) is 36.6 Å². The van der Waals surface area contributed by atoms with Crippen LogP contribution in [-0.2, 0) is 14.9 Å². The molecule has 3 rings (SSSR count). The molecule has 0 aromatic heterocycles. The smallest absolute Gasteiger partial charge is 0.240 e. The molecule has 1 aromatic rings. The fraction of sp³-hybridized carbons (Fsp3) is 0.562. The molecule has 0 radical (unpaired) electrons. The van der Waals surface area contributed by atoms with Crippen molar-refractivity contribution >= 4 is 34.2 Å². The van der Waals surface area contributed by atoms with E-state index in [0.717, 1.165) is 43.4 Å². The topological polar surface area (TPSA) is 64.4 Å². The second kappa shape index (κ2) is 6.87. The molecule has 0 bridgehead atoms. The Hall–Kier alpha value is -0.620. The lowest BCUT2D eigenvalue weighted by molar-refractivity contribution is -0.123. The maximum Gasteiger partial charge on any atom is 0.240 e. The summed E-state index contributed by atoms with van der Waals surface area (Å²) in [5, 5.41) is 3.08. The average molecular weight is 390 g/mol. The van der Waals surface area contributed by atoms with E-state index in [9.17, 15) is 4.79 Å². The normalized spacial score (nSPS) is 21.5. The Kier molecular flexibility index (Phi) is 5.54. The van der Waals surface area contributed by atoms with Gasteiger partial charge in [0.15, 0.2) is 0 Å². The van der Waals surface area contributed by atoms with E-state index in [1.54, 1.807) is 0 Å². The van der Waals surface area contributed by atoms with Crippen LogP contribution in [0.5, 0.6) is 0 Å². The first-order chi connectivity index (χ1) is 10.0.